The lowest BCUT2D eigenvalue weighted by atomic mass is 9.99. The summed E-state index contributed by atoms with van der Waals surface area (Å²) in [5.74, 6) is 0.665. The highest BCUT2D eigenvalue weighted by molar-refractivity contribution is 5.80. The Morgan fingerprint density at radius 1 is 0.963 bits per heavy atom. The first-order valence-corrected chi connectivity index (χ1v) is 8.99. The summed E-state index contributed by atoms with van der Waals surface area (Å²) in [6.07, 6.45) is 9.18. The molecule has 4 rings (SSSR count). The van der Waals surface area contributed by atoms with E-state index >= 15 is 0 Å². The summed E-state index contributed by atoms with van der Waals surface area (Å²) < 4.78 is 5.37. The van der Waals surface area contributed by atoms with Gasteiger partial charge in [0.25, 0.3) is 0 Å². The number of nitrogens with zero attached hydrogens (tertiary/aromatic N) is 3. The van der Waals surface area contributed by atoms with E-state index in [1.807, 2.05) is 30.7 Å². The van der Waals surface area contributed by atoms with Gasteiger partial charge in [0, 0.05) is 54.3 Å². The maximum atomic E-state index is 5.37. The minimum atomic E-state index is 0.665. The monoisotopic (exact) mass is 358 g/mol. The Kier molecular flexibility index (Phi) is 4.59. The van der Waals surface area contributed by atoms with Gasteiger partial charge in [0.05, 0.1) is 7.11 Å². The van der Waals surface area contributed by atoms with Crippen LogP contribution >= 0.6 is 0 Å². The molecule has 0 aromatic carbocycles. The van der Waals surface area contributed by atoms with Crippen molar-refractivity contribution in [3.63, 3.8) is 0 Å². The maximum absolute atomic E-state index is 5.37. The molecule has 0 atom stereocenters. The Morgan fingerprint density at radius 2 is 1.85 bits per heavy atom. The second-order valence-electron chi connectivity index (χ2n) is 6.84. The second kappa shape index (κ2) is 7.19. The lowest BCUT2D eigenvalue weighted by molar-refractivity contribution is 0.393. The zero-order chi connectivity index (χ0) is 18.8. The van der Waals surface area contributed by atoms with Crippen LogP contribution in [0, 0.1) is 13.8 Å². The molecule has 27 heavy (non-hydrogen) atoms. The fourth-order valence-electron chi connectivity index (χ4n) is 3.38. The van der Waals surface area contributed by atoms with E-state index in [0.29, 0.717) is 5.88 Å². The Labute approximate surface area is 158 Å². The lowest BCUT2D eigenvalue weighted by Gasteiger charge is -2.10. The fourth-order valence-corrected chi connectivity index (χ4v) is 3.38. The summed E-state index contributed by atoms with van der Waals surface area (Å²) in [5.41, 5.74) is 7.81. The number of fused-ring (bicyclic) bond motifs is 1. The Hall–Kier alpha value is -3.21. The highest BCUT2D eigenvalue weighted by Crippen LogP contribution is 2.24. The molecule has 0 aliphatic heterocycles. The van der Waals surface area contributed by atoms with Crippen molar-refractivity contribution in [3.8, 4) is 5.88 Å². The Bertz CT molecular complexity index is 1100. The molecule has 4 heterocycles. The van der Waals surface area contributed by atoms with E-state index in [4.69, 9.17) is 4.74 Å². The van der Waals surface area contributed by atoms with E-state index < -0.39 is 0 Å². The molecule has 0 amide bonds. The molecule has 0 radical (unpaired) electrons. The van der Waals surface area contributed by atoms with Crippen molar-refractivity contribution >= 4 is 11.0 Å². The number of aromatic amines is 1. The van der Waals surface area contributed by atoms with E-state index in [1.165, 1.54) is 16.5 Å². The molecule has 0 spiro atoms. The van der Waals surface area contributed by atoms with Crippen LogP contribution in [0.25, 0.3) is 11.0 Å². The van der Waals surface area contributed by atoms with Gasteiger partial charge in [-0.25, -0.2) is 9.97 Å². The van der Waals surface area contributed by atoms with Gasteiger partial charge < -0.3 is 9.72 Å². The number of aromatic nitrogens is 4. The summed E-state index contributed by atoms with van der Waals surface area (Å²) in [5, 5.41) is 1.17. The number of nitrogens with one attached hydrogen (secondary N) is 1. The number of rotatable bonds is 5. The van der Waals surface area contributed by atoms with Gasteiger partial charge in [-0.2, -0.15) is 0 Å². The zero-order valence-corrected chi connectivity index (χ0v) is 15.8. The second-order valence-corrected chi connectivity index (χ2v) is 6.84. The quantitative estimate of drug-likeness (QED) is 0.582. The van der Waals surface area contributed by atoms with E-state index in [9.17, 15) is 0 Å². The molecular formula is C22H22N4O. The summed E-state index contributed by atoms with van der Waals surface area (Å²) >= 11 is 0. The number of pyridine rings is 3. The van der Waals surface area contributed by atoms with Crippen molar-refractivity contribution in [2.75, 3.05) is 7.11 Å². The predicted octanol–water partition coefficient (Wildman–Crippen LogP) is 4.16. The standard InChI is InChI=1S/C22H22N4O/c1-14-7-20-19(13-26-21(20)25-11-14)10-18-9-16(12-24-15(18)2)8-17-5-4-6-23-22(17)27-3/h4-7,9,11-13H,8,10H2,1-3H3,(H,25,26). The number of H-pyrrole nitrogens is 1. The first-order chi connectivity index (χ1) is 13.1. The van der Waals surface area contributed by atoms with Gasteiger partial charge >= 0.3 is 0 Å². The summed E-state index contributed by atoms with van der Waals surface area (Å²) in [4.78, 5) is 16.6. The lowest BCUT2D eigenvalue weighted by Crippen LogP contribution is -2.00. The average molecular weight is 358 g/mol. The molecule has 0 saturated heterocycles. The predicted molar refractivity (Wildman–Crippen MR) is 106 cm³/mol. The van der Waals surface area contributed by atoms with Crippen LogP contribution in [-0.4, -0.2) is 27.0 Å². The normalized spacial score (nSPS) is 11.1. The van der Waals surface area contributed by atoms with Crippen molar-refractivity contribution in [2.24, 2.45) is 0 Å². The van der Waals surface area contributed by atoms with Crippen molar-refractivity contribution in [1.82, 2.24) is 19.9 Å². The first-order valence-electron chi connectivity index (χ1n) is 8.99. The van der Waals surface area contributed by atoms with Gasteiger partial charge in [-0.3, -0.25) is 4.98 Å². The maximum Gasteiger partial charge on any atom is 0.216 e. The third-order valence-electron chi connectivity index (χ3n) is 4.82. The molecule has 5 nitrogen and oxygen atoms in total. The molecule has 4 aromatic rings. The topological polar surface area (TPSA) is 63.7 Å². The smallest absolute Gasteiger partial charge is 0.216 e. The molecule has 1 N–H and O–H groups in total. The minimum Gasteiger partial charge on any atom is -0.481 e. The van der Waals surface area contributed by atoms with Crippen molar-refractivity contribution in [1.29, 1.82) is 0 Å². The number of aryl methyl sites for hydroxylation is 2. The van der Waals surface area contributed by atoms with Gasteiger partial charge in [-0.15, -0.1) is 0 Å². The largest absolute Gasteiger partial charge is 0.481 e. The Balaban J connectivity index is 1.65. The summed E-state index contributed by atoms with van der Waals surface area (Å²) in [6.45, 7) is 4.13. The van der Waals surface area contributed by atoms with E-state index in [1.54, 1.807) is 13.3 Å². The minimum absolute atomic E-state index is 0.665. The van der Waals surface area contributed by atoms with Crippen molar-refractivity contribution < 1.29 is 4.74 Å². The molecule has 0 bridgehead atoms. The van der Waals surface area contributed by atoms with Gasteiger partial charge in [-0.05, 0) is 48.2 Å². The summed E-state index contributed by atoms with van der Waals surface area (Å²) in [7, 11) is 1.65. The fraction of sp³-hybridized carbons (Fsp3) is 0.227. The third-order valence-corrected chi connectivity index (χ3v) is 4.82. The first kappa shape index (κ1) is 17.2. The van der Waals surface area contributed by atoms with Crippen LogP contribution in [0.15, 0.2) is 49.1 Å². The van der Waals surface area contributed by atoms with Crippen molar-refractivity contribution in [3.05, 3.63) is 82.6 Å². The van der Waals surface area contributed by atoms with E-state index in [-0.39, 0.29) is 0 Å². The van der Waals surface area contributed by atoms with E-state index in [0.717, 1.165) is 40.9 Å². The SMILES string of the molecule is COc1ncccc1Cc1cnc(C)c(Cc2c[nH]c3ncc(C)cc23)c1. The number of ether oxygens (including phenoxy) is 1. The van der Waals surface area contributed by atoms with Gasteiger partial charge in [-0.1, -0.05) is 12.1 Å². The van der Waals surface area contributed by atoms with Crippen LogP contribution in [0.3, 0.4) is 0 Å². The van der Waals surface area contributed by atoms with Crippen molar-refractivity contribution in [2.45, 2.75) is 26.7 Å². The highest BCUT2D eigenvalue weighted by atomic mass is 16.5. The molecule has 5 heteroatoms. The van der Waals surface area contributed by atoms with Gasteiger partial charge in [0.15, 0.2) is 0 Å². The number of hydrogen-bond acceptors (Lipinski definition) is 4. The molecule has 136 valence electrons. The highest BCUT2D eigenvalue weighted by Gasteiger charge is 2.11. The van der Waals surface area contributed by atoms with E-state index in [2.05, 4.69) is 45.9 Å². The van der Waals surface area contributed by atoms with Crippen LogP contribution in [0.2, 0.25) is 0 Å². The molecule has 0 unspecified atom stereocenters. The Morgan fingerprint density at radius 3 is 2.70 bits per heavy atom. The van der Waals surface area contributed by atoms with Crippen LogP contribution in [0.1, 0.15) is 33.5 Å². The molecule has 0 saturated carbocycles. The van der Waals surface area contributed by atoms with Gasteiger partial charge in [0.1, 0.15) is 5.65 Å². The molecule has 0 aliphatic rings. The average Bonchev–Trinajstić information content (AvgIpc) is 3.07. The number of methoxy groups -OCH3 is 1. The van der Waals surface area contributed by atoms with Gasteiger partial charge in [0.2, 0.25) is 5.88 Å². The van der Waals surface area contributed by atoms with Crippen LogP contribution in [0.4, 0.5) is 0 Å². The number of hydrogen-bond donors (Lipinski definition) is 1. The van der Waals surface area contributed by atoms with Crippen LogP contribution in [-0.2, 0) is 12.8 Å². The van der Waals surface area contributed by atoms with Crippen LogP contribution in [0.5, 0.6) is 5.88 Å². The molecule has 0 aliphatic carbocycles. The zero-order valence-electron chi connectivity index (χ0n) is 15.8. The molecular weight excluding hydrogens is 336 g/mol. The summed E-state index contributed by atoms with van der Waals surface area (Å²) in [6, 6.07) is 8.39. The molecule has 0 fully saturated rings. The third kappa shape index (κ3) is 3.53. The molecule has 4 aromatic heterocycles. The van der Waals surface area contributed by atoms with Crippen LogP contribution < -0.4 is 4.74 Å².